The molecule has 0 saturated heterocycles. The van der Waals surface area contributed by atoms with Crippen LogP contribution in [0.3, 0.4) is 0 Å². The molecule has 1 aliphatic rings. The van der Waals surface area contributed by atoms with Crippen LogP contribution in [0.2, 0.25) is 0 Å². The minimum absolute atomic E-state index is 0.137. The Labute approximate surface area is 198 Å². The number of ether oxygens (including phenoxy) is 1. The maximum Gasteiger partial charge on any atom is 0.234 e. The average molecular weight is 493 g/mol. The Morgan fingerprint density at radius 2 is 1.69 bits per heavy atom. The molecule has 1 atom stereocenters. The van der Waals surface area contributed by atoms with Gasteiger partial charge in [0.1, 0.15) is 5.75 Å². The van der Waals surface area contributed by atoms with Gasteiger partial charge in [0, 0.05) is 29.9 Å². The van der Waals surface area contributed by atoms with E-state index in [2.05, 4.69) is 51.2 Å². The van der Waals surface area contributed by atoms with E-state index in [1.165, 1.54) is 5.56 Å². The fourth-order valence-electron chi connectivity index (χ4n) is 4.35. The molecule has 3 aromatic rings. The Hall–Kier alpha value is -2.79. The summed E-state index contributed by atoms with van der Waals surface area (Å²) >= 11 is 3.51. The number of anilines is 2. The first-order valence-electron chi connectivity index (χ1n) is 11.0. The predicted octanol–water partition coefficient (Wildman–Crippen LogP) is 6.18. The molecule has 5 heteroatoms. The molecular weight excluding hydrogens is 464 g/mol. The van der Waals surface area contributed by atoms with Gasteiger partial charge in [-0.2, -0.15) is 0 Å². The summed E-state index contributed by atoms with van der Waals surface area (Å²) in [5.74, 6) is 0.773. The van der Waals surface area contributed by atoms with Gasteiger partial charge in [-0.25, -0.2) is 0 Å². The number of carbonyl (C=O) groups excluding carboxylic acids is 1. The molecule has 0 heterocycles. The third-order valence-electron chi connectivity index (χ3n) is 6.16. The number of fused-ring (bicyclic) bond motifs is 1. The van der Waals surface area contributed by atoms with E-state index in [0.717, 1.165) is 52.0 Å². The van der Waals surface area contributed by atoms with Gasteiger partial charge < -0.3 is 14.5 Å². The topological polar surface area (TPSA) is 32.8 Å². The summed E-state index contributed by atoms with van der Waals surface area (Å²) < 4.78 is 6.46. The number of rotatable bonds is 6. The molecule has 166 valence electrons. The summed E-state index contributed by atoms with van der Waals surface area (Å²) in [5, 5.41) is 0. The quantitative estimate of drug-likeness (QED) is 0.411. The lowest BCUT2D eigenvalue weighted by atomic mass is 9.81. The molecule has 0 aromatic heterocycles. The van der Waals surface area contributed by atoms with E-state index in [1.54, 1.807) is 7.11 Å². The molecule has 0 spiro atoms. The molecule has 0 fully saturated rings. The van der Waals surface area contributed by atoms with Crippen LogP contribution in [0.15, 0.2) is 71.2 Å². The predicted molar refractivity (Wildman–Crippen MR) is 135 cm³/mol. The van der Waals surface area contributed by atoms with Crippen LogP contribution in [-0.4, -0.2) is 27.1 Å². The highest BCUT2D eigenvalue weighted by molar-refractivity contribution is 9.10. The molecule has 1 amide bonds. The summed E-state index contributed by atoms with van der Waals surface area (Å²) in [7, 11) is 5.73. The number of aryl methyl sites for hydroxylation is 1. The second-order valence-electron chi connectivity index (χ2n) is 8.47. The lowest BCUT2D eigenvalue weighted by molar-refractivity contribution is -0.120. The van der Waals surface area contributed by atoms with Crippen LogP contribution in [0, 0.1) is 0 Å². The van der Waals surface area contributed by atoms with Gasteiger partial charge in [-0.15, -0.1) is 0 Å². The minimum atomic E-state index is -0.168. The van der Waals surface area contributed by atoms with Crippen molar-refractivity contribution in [1.29, 1.82) is 0 Å². The monoisotopic (exact) mass is 492 g/mol. The van der Waals surface area contributed by atoms with E-state index < -0.39 is 0 Å². The SMILES string of the molecule is COc1ccc2c(c1)C(C(=O)N(Cc1ccc(N(C)C)cc1)c1ccc(Br)cc1)CCC2. The molecule has 32 heavy (non-hydrogen) atoms. The fraction of sp³-hybridized carbons (Fsp3) is 0.296. The average Bonchev–Trinajstić information content (AvgIpc) is 2.82. The highest BCUT2D eigenvalue weighted by atomic mass is 79.9. The van der Waals surface area contributed by atoms with Crippen molar-refractivity contribution in [2.24, 2.45) is 0 Å². The van der Waals surface area contributed by atoms with Crippen LogP contribution in [0.5, 0.6) is 5.75 Å². The molecule has 1 aliphatic carbocycles. The third kappa shape index (κ3) is 4.83. The van der Waals surface area contributed by atoms with E-state index in [1.807, 2.05) is 55.4 Å². The van der Waals surface area contributed by atoms with E-state index in [-0.39, 0.29) is 11.8 Å². The van der Waals surface area contributed by atoms with Crippen molar-refractivity contribution in [1.82, 2.24) is 0 Å². The number of halogens is 1. The Balaban J connectivity index is 1.69. The van der Waals surface area contributed by atoms with Crippen LogP contribution in [-0.2, 0) is 17.8 Å². The molecule has 3 aromatic carbocycles. The zero-order valence-corrected chi connectivity index (χ0v) is 20.4. The van der Waals surface area contributed by atoms with Crippen molar-refractivity contribution in [3.05, 3.63) is 87.9 Å². The first-order valence-corrected chi connectivity index (χ1v) is 11.8. The van der Waals surface area contributed by atoms with Crippen molar-refractivity contribution in [2.45, 2.75) is 31.7 Å². The highest BCUT2D eigenvalue weighted by Crippen LogP contribution is 2.37. The van der Waals surface area contributed by atoms with Crippen molar-refractivity contribution in [3.63, 3.8) is 0 Å². The van der Waals surface area contributed by atoms with Crippen LogP contribution >= 0.6 is 15.9 Å². The summed E-state index contributed by atoms with van der Waals surface area (Å²) in [6.07, 6.45) is 2.88. The van der Waals surface area contributed by atoms with E-state index >= 15 is 0 Å². The minimum Gasteiger partial charge on any atom is -0.497 e. The van der Waals surface area contributed by atoms with Gasteiger partial charge in [0.15, 0.2) is 0 Å². The molecule has 0 bridgehead atoms. The zero-order valence-electron chi connectivity index (χ0n) is 18.8. The summed E-state index contributed by atoms with van der Waals surface area (Å²) in [5.41, 5.74) is 5.51. The number of hydrogen-bond donors (Lipinski definition) is 0. The van der Waals surface area contributed by atoms with Crippen molar-refractivity contribution < 1.29 is 9.53 Å². The number of benzene rings is 3. The molecule has 0 aliphatic heterocycles. The summed E-state index contributed by atoms with van der Waals surface area (Å²) in [6.45, 7) is 0.532. The van der Waals surface area contributed by atoms with Gasteiger partial charge in [-0.1, -0.05) is 34.1 Å². The Morgan fingerprint density at radius 1 is 1.00 bits per heavy atom. The van der Waals surface area contributed by atoms with Gasteiger partial charge in [-0.05, 0) is 84.5 Å². The molecule has 0 N–H and O–H groups in total. The van der Waals surface area contributed by atoms with Crippen molar-refractivity contribution in [3.8, 4) is 5.75 Å². The van der Waals surface area contributed by atoms with Crippen LogP contribution in [0.1, 0.15) is 35.4 Å². The van der Waals surface area contributed by atoms with Crippen LogP contribution in [0.25, 0.3) is 0 Å². The summed E-state index contributed by atoms with van der Waals surface area (Å²) in [6, 6.07) is 22.5. The van der Waals surface area contributed by atoms with Crippen molar-refractivity contribution in [2.75, 3.05) is 31.0 Å². The first-order chi connectivity index (χ1) is 15.5. The maximum atomic E-state index is 14.0. The van der Waals surface area contributed by atoms with Gasteiger partial charge >= 0.3 is 0 Å². The maximum absolute atomic E-state index is 14.0. The molecule has 4 nitrogen and oxygen atoms in total. The zero-order chi connectivity index (χ0) is 22.7. The Kier molecular flexibility index (Phi) is 6.85. The smallest absolute Gasteiger partial charge is 0.234 e. The second-order valence-corrected chi connectivity index (χ2v) is 9.39. The lowest BCUT2D eigenvalue weighted by Crippen LogP contribution is -2.36. The highest BCUT2D eigenvalue weighted by Gasteiger charge is 2.31. The third-order valence-corrected chi connectivity index (χ3v) is 6.69. The van der Waals surface area contributed by atoms with E-state index in [9.17, 15) is 4.79 Å². The Morgan fingerprint density at radius 3 is 2.34 bits per heavy atom. The molecule has 0 saturated carbocycles. The first kappa shape index (κ1) is 22.4. The molecular formula is C27H29BrN2O2. The van der Waals surface area contributed by atoms with Crippen molar-refractivity contribution >= 4 is 33.2 Å². The number of methoxy groups -OCH3 is 1. The van der Waals surface area contributed by atoms with Gasteiger partial charge in [-0.3, -0.25) is 4.79 Å². The van der Waals surface area contributed by atoms with Gasteiger partial charge in [0.05, 0.1) is 19.6 Å². The van der Waals surface area contributed by atoms with Gasteiger partial charge in [0.25, 0.3) is 0 Å². The standard InChI is InChI=1S/C27H29BrN2O2/c1-29(2)22-12-7-19(8-13-22)18-30(23-14-10-21(28)11-15-23)27(31)25-6-4-5-20-9-16-24(32-3)17-26(20)25/h7-17,25H,4-6,18H2,1-3H3. The number of nitrogens with zero attached hydrogens (tertiary/aromatic N) is 2. The molecule has 1 unspecified atom stereocenters. The Bertz CT molecular complexity index is 1080. The van der Waals surface area contributed by atoms with Crippen LogP contribution in [0.4, 0.5) is 11.4 Å². The fourth-order valence-corrected chi connectivity index (χ4v) is 4.61. The van der Waals surface area contributed by atoms with E-state index in [0.29, 0.717) is 6.54 Å². The van der Waals surface area contributed by atoms with Gasteiger partial charge in [0.2, 0.25) is 5.91 Å². The second kappa shape index (κ2) is 9.78. The molecule has 0 radical (unpaired) electrons. The normalized spacial score (nSPS) is 15.1. The van der Waals surface area contributed by atoms with Crippen LogP contribution < -0.4 is 14.5 Å². The summed E-state index contributed by atoms with van der Waals surface area (Å²) in [4.78, 5) is 18.0. The largest absolute Gasteiger partial charge is 0.497 e. The van der Waals surface area contributed by atoms with E-state index in [4.69, 9.17) is 4.74 Å². The number of hydrogen-bond acceptors (Lipinski definition) is 3. The number of amides is 1. The molecule has 4 rings (SSSR count). The lowest BCUT2D eigenvalue weighted by Gasteiger charge is -2.31. The number of carbonyl (C=O) groups is 1.